The molecule has 4 N–H and O–H groups in total. The molecule has 0 aromatic carbocycles. The van der Waals surface area contributed by atoms with E-state index in [-0.39, 0.29) is 24.9 Å². The van der Waals surface area contributed by atoms with Crippen molar-refractivity contribution in [1.29, 1.82) is 0 Å². The summed E-state index contributed by atoms with van der Waals surface area (Å²) in [5.41, 5.74) is 0. The van der Waals surface area contributed by atoms with Gasteiger partial charge in [0.15, 0.2) is 0 Å². The lowest BCUT2D eigenvalue weighted by Crippen LogP contribution is -2.48. The molecule has 1 fully saturated rings. The van der Waals surface area contributed by atoms with E-state index in [0.29, 0.717) is 12.8 Å². The maximum atomic E-state index is 11.4. The number of amides is 3. The number of carbonyl (C=O) groups excluding carboxylic acids is 2. The highest BCUT2D eigenvalue weighted by molar-refractivity contribution is 5.83. The van der Waals surface area contributed by atoms with Gasteiger partial charge in [0.2, 0.25) is 5.91 Å². The number of hydrogen-bond acceptors (Lipinski definition) is 3. The summed E-state index contributed by atoms with van der Waals surface area (Å²) in [7, 11) is 0. The minimum absolute atomic E-state index is 0.0436. The van der Waals surface area contributed by atoms with Crippen molar-refractivity contribution in [2.45, 2.75) is 31.3 Å². The molecule has 18 heavy (non-hydrogen) atoms. The molecule has 2 unspecified atom stereocenters. The summed E-state index contributed by atoms with van der Waals surface area (Å²) in [5, 5.41) is 16.2. The first-order valence-corrected chi connectivity index (χ1v) is 5.53. The van der Waals surface area contributed by atoms with Crippen LogP contribution >= 0.6 is 0 Å². The fourth-order valence-corrected chi connectivity index (χ4v) is 1.57. The van der Waals surface area contributed by atoms with Crippen molar-refractivity contribution in [1.82, 2.24) is 16.0 Å². The molecule has 98 valence electrons. The second-order valence-corrected chi connectivity index (χ2v) is 3.96. The normalized spacial score (nSPS) is 19.5. The molecular weight excluding hydrogens is 238 g/mol. The van der Waals surface area contributed by atoms with E-state index in [0.717, 1.165) is 0 Å². The zero-order chi connectivity index (χ0) is 13.5. The number of terminal acetylenes is 1. The zero-order valence-corrected chi connectivity index (χ0v) is 9.73. The molecule has 1 rings (SSSR count). The number of carboxylic acids is 1. The van der Waals surface area contributed by atoms with E-state index in [4.69, 9.17) is 11.5 Å². The van der Waals surface area contributed by atoms with Crippen LogP contribution in [0.3, 0.4) is 0 Å². The lowest BCUT2D eigenvalue weighted by molar-refractivity contribution is -0.139. The van der Waals surface area contributed by atoms with Crippen LogP contribution in [0.2, 0.25) is 0 Å². The van der Waals surface area contributed by atoms with Crippen LogP contribution in [0.1, 0.15) is 19.3 Å². The third-order valence-electron chi connectivity index (χ3n) is 2.52. The number of rotatable bonds is 5. The highest BCUT2D eigenvalue weighted by Crippen LogP contribution is 2.04. The minimum Gasteiger partial charge on any atom is -0.480 e. The Morgan fingerprint density at radius 1 is 1.61 bits per heavy atom. The van der Waals surface area contributed by atoms with E-state index < -0.39 is 18.0 Å². The van der Waals surface area contributed by atoms with Gasteiger partial charge in [0, 0.05) is 25.4 Å². The molecule has 7 heteroatoms. The second-order valence-electron chi connectivity index (χ2n) is 3.96. The summed E-state index contributed by atoms with van der Waals surface area (Å²) in [6.07, 6.45) is 6.02. The number of aliphatic carboxylic acids is 1. The first-order chi connectivity index (χ1) is 8.52. The summed E-state index contributed by atoms with van der Waals surface area (Å²) >= 11 is 0. The van der Waals surface area contributed by atoms with Gasteiger partial charge >= 0.3 is 12.0 Å². The van der Waals surface area contributed by atoms with Crippen LogP contribution in [0.15, 0.2) is 0 Å². The van der Waals surface area contributed by atoms with E-state index in [1.54, 1.807) is 0 Å². The first kappa shape index (κ1) is 13.8. The highest BCUT2D eigenvalue weighted by atomic mass is 16.4. The Bertz CT molecular complexity index is 388. The number of hydrogen-bond donors (Lipinski definition) is 4. The van der Waals surface area contributed by atoms with Crippen LogP contribution < -0.4 is 16.0 Å². The molecule has 2 atom stereocenters. The Kier molecular flexibility index (Phi) is 4.99. The lowest BCUT2D eigenvalue weighted by Gasteiger charge is -2.15. The molecule has 0 spiro atoms. The number of carboxylic acid groups (broad SMARTS) is 1. The van der Waals surface area contributed by atoms with Gasteiger partial charge in [0.25, 0.3) is 0 Å². The summed E-state index contributed by atoms with van der Waals surface area (Å²) in [5.74, 6) is 0.951. The summed E-state index contributed by atoms with van der Waals surface area (Å²) in [6, 6.07) is -1.81. The maximum absolute atomic E-state index is 11.4. The molecule has 1 saturated heterocycles. The van der Waals surface area contributed by atoms with E-state index >= 15 is 0 Å². The summed E-state index contributed by atoms with van der Waals surface area (Å²) in [6.45, 7) is 0.264. The molecule has 0 radical (unpaired) electrons. The molecule has 0 aromatic heterocycles. The highest BCUT2D eigenvalue weighted by Gasteiger charge is 2.22. The summed E-state index contributed by atoms with van der Waals surface area (Å²) < 4.78 is 0. The molecule has 0 aliphatic carbocycles. The molecule has 1 heterocycles. The van der Waals surface area contributed by atoms with Crippen LogP contribution in [0.25, 0.3) is 0 Å². The van der Waals surface area contributed by atoms with Crippen molar-refractivity contribution in [2.24, 2.45) is 0 Å². The molecule has 0 bridgehead atoms. The van der Waals surface area contributed by atoms with Crippen molar-refractivity contribution in [3.8, 4) is 12.3 Å². The Labute approximate surface area is 104 Å². The van der Waals surface area contributed by atoms with Gasteiger partial charge in [0.1, 0.15) is 6.04 Å². The van der Waals surface area contributed by atoms with Crippen LogP contribution in [0.5, 0.6) is 0 Å². The maximum Gasteiger partial charge on any atom is 0.327 e. The topological polar surface area (TPSA) is 108 Å². The van der Waals surface area contributed by atoms with E-state index in [1.807, 2.05) is 0 Å². The average Bonchev–Trinajstić information content (AvgIpc) is 2.72. The Hall–Kier alpha value is -2.23. The van der Waals surface area contributed by atoms with Gasteiger partial charge in [0.05, 0.1) is 0 Å². The minimum atomic E-state index is -1.18. The number of carbonyl (C=O) groups is 3. The lowest BCUT2D eigenvalue weighted by atomic mass is 10.2. The predicted molar refractivity (Wildman–Crippen MR) is 62.6 cm³/mol. The van der Waals surface area contributed by atoms with Crippen molar-refractivity contribution in [3.63, 3.8) is 0 Å². The SMILES string of the molecule is C#CCC(NC(=O)NCC1CCC(=O)N1)C(=O)O. The Morgan fingerprint density at radius 2 is 2.33 bits per heavy atom. The average molecular weight is 253 g/mol. The molecule has 0 aromatic rings. The standard InChI is InChI=1S/C11H15N3O4/c1-2-3-8(10(16)17)14-11(18)12-6-7-4-5-9(15)13-7/h1,7-8H,3-6H2,(H,13,15)(H,16,17)(H2,12,14,18). The van der Waals surface area contributed by atoms with Crippen molar-refractivity contribution < 1.29 is 19.5 Å². The number of nitrogens with one attached hydrogen (secondary N) is 3. The van der Waals surface area contributed by atoms with Gasteiger partial charge in [-0.2, -0.15) is 0 Å². The van der Waals surface area contributed by atoms with Gasteiger partial charge in [-0.25, -0.2) is 9.59 Å². The van der Waals surface area contributed by atoms with Crippen LogP contribution in [0, 0.1) is 12.3 Å². The predicted octanol–water partition coefficient (Wildman–Crippen LogP) is -0.959. The largest absolute Gasteiger partial charge is 0.480 e. The quantitative estimate of drug-likeness (QED) is 0.473. The second kappa shape index (κ2) is 6.49. The monoisotopic (exact) mass is 253 g/mol. The van der Waals surface area contributed by atoms with Crippen LogP contribution in [-0.2, 0) is 9.59 Å². The van der Waals surface area contributed by atoms with E-state index in [9.17, 15) is 14.4 Å². The molecule has 1 aliphatic rings. The Balaban J connectivity index is 2.30. The van der Waals surface area contributed by atoms with E-state index in [1.165, 1.54) is 0 Å². The van der Waals surface area contributed by atoms with Gasteiger partial charge < -0.3 is 21.1 Å². The van der Waals surface area contributed by atoms with Gasteiger partial charge in [-0.05, 0) is 6.42 Å². The third kappa shape index (κ3) is 4.33. The van der Waals surface area contributed by atoms with Gasteiger partial charge in [-0.3, -0.25) is 4.79 Å². The van der Waals surface area contributed by atoms with Crippen molar-refractivity contribution >= 4 is 17.9 Å². The third-order valence-corrected chi connectivity index (χ3v) is 2.52. The summed E-state index contributed by atoms with van der Waals surface area (Å²) in [4.78, 5) is 33.0. The van der Waals surface area contributed by atoms with Crippen molar-refractivity contribution in [2.75, 3.05) is 6.54 Å². The number of urea groups is 1. The molecule has 7 nitrogen and oxygen atoms in total. The van der Waals surface area contributed by atoms with Gasteiger partial charge in [-0.15, -0.1) is 12.3 Å². The molecule has 0 saturated carbocycles. The molecule has 3 amide bonds. The molecular formula is C11H15N3O4. The van der Waals surface area contributed by atoms with Crippen LogP contribution in [-0.4, -0.2) is 41.6 Å². The zero-order valence-electron chi connectivity index (χ0n) is 9.73. The fourth-order valence-electron chi connectivity index (χ4n) is 1.57. The Morgan fingerprint density at radius 3 is 2.83 bits per heavy atom. The smallest absolute Gasteiger partial charge is 0.327 e. The van der Waals surface area contributed by atoms with Crippen LogP contribution in [0.4, 0.5) is 4.79 Å². The van der Waals surface area contributed by atoms with Crippen molar-refractivity contribution in [3.05, 3.63) is 0 Å². The first-order valence-electron chi connectivity index (χ1n) is 5.53. The molecule has 1 aliphatic heterocycles. The van der Waals surface area contributed by atoms with E-state index in [2.05, 4.69) is 21.9 Å². The van der Waals surface area contributed by atoms with Gasteiger partial charge in [-0.1, -0.05) is 0 Å². The fraction of sp³-hybridized carbons (Fsp3) is 0.545.